The van der Waals surface area contributed by atoms with Crippen LogP contribution in [0, 0.1) is 11.3 Å². The molecule has 0 fully saturated rings. The minimum Gasteiger partial charge on any atom is -0.481 e. The maximum atomic E-state index is 12.7. The van der Waals surface area contributed by atoms with Gasteiger partial charge in [0.05, 0.1) is 11.3 Å². The highest BCUT2D eigenvalue weighted by atomic mass is 19.4. The topological polar surface area (TPSA) is 66.4 Å². The predicted octanol–water partition coefficient (Wildman–Crippen LogP) is 3.87. The number of benzene rings is 1. The lowest BCUT2D eigenvalue weighted by atomic mass is 9.88. The van der Waals surface area contributed by atoms with Gasteiger partial charge in [-0.15, -0.1) is 0 Å². The van der Waals surface area contributed by atoms with E-state index in [9.17, 15) is 22.8 Å². The number of rotatable bonds is 6. The van der Waals surface area contributed by atoms with Crippen LogP contribution < -0.4 is 5.32 Å². The molecule has 0 saturated carbocycles. The fourth-order valence-electron chi connectivity index (χ4n) is 1.87. The molecule has 128 valence electrons. The zero-order valence-corrected chi connectivity index (χ0v) is 13.2. The van der Waals surface area contributed by atoms with Crippen LogP contribution in [0.2, 0.25) is 0 Å². The van der Waals surface area contributed by atoms with Crippen molar-refractivity contribution in [3.05, 3.63) is 29.8 Å². The zero-order chi connectivity index (χ0) is 17.8. The summed E-state index contributed by atoms with van der Waals surface area (Å²) in [5.74, 6) is -2.17. The van der Waals surface area contributed by atoms with Gasteiger partial charge in [-0.25, -0.2) is 0 Å². The highest BCUT2D eigenvalue weighted by Gasteiger charge is 2.48. The minimum atomic E-state index is -4.46. The van der Waals surface area contributed by atoms with Crippen LogP contribution in [0.15, 0.2) is 24.3 Å². The monoisotopic (exact) mass is 331 g/mol. The lowest BCUT2D eigenvalue weighted by Gasteiger charge is -2.26. The molecule has 1 aromatic rings. The normalized spacial score (nSPS) is 13.5. The van der Waals surface area contributed by atoms with Crippen LogP contribution >= 0.6 is 0 Å². The first kappa shape index (κ1) is 19.0. The van der Waals surface area contributed by atoms with Gasteiger partial charge in [0.25, 0.3) is 0 Å². The van der Waals surface area contributed by atoms with E-state index in [1.54, 1.807) is 31.2 Å². The van der Waals surface area contributed by atoms with E-state index in [4.69, 9.17) is 5.11 Å². The molecule has 23 heavy (non-hydrogen) atoms. The molecule has 0 aliphatic rings. The molecule has 1 aromatic carbocycles. The van der Waals surface area contributed by atoms with E-state index in [1.165, 1.54) is 0 Å². The van der Waals surface area contributed by atoms with Crippen LogP contribution in [0.1, 0.15) is 32.8 Å². The Morgan fingerprint density at radius 3 is 2.13 bits per heavy atom. The van der Waals surface area contributed by atoms with Crippen molar-refractivity contribution in [1.29, 1.82) is 0 Å². The molecule has 0 aliphatic heterocycles. The molecule has 1 rings (SSSR count). The van der Waals surface area contributed by atoms with Crippen LogP contribution in [0.5, 0.6) is 0 Å². The third-order valence-electron chi connectivity index (χ3n) is 3.57. The Morgan fingerprint density at radius 2 is 1.70 bits per heavy atom. The van der Waals surface area contributed by atoms with Gasteiger partial charge in [0.1, 0.15) is 0 Å². The van der Waals surface area contributed by atoms with E-state index in [-0.39, 0.29) is 0 Å². The number of anilines is 1. The quantitative estimate of drug-likeness (QED) is 0.831. The molecule has 2 N–H and O–H groups in total. The number of carbonyl (C=O) groups excluding carboxylic acids is 1. The van der Waals surface area contributed by atoms with Crippen LogP contribution in [0.25, 0.3) is 0 Å². The number of alkyl halides is 3. The molecule has 1 unspecified atom stereocenters. The van der Waals surface area contributed by atoms with E-state index in [1.807, 2.05) is 0 Å². The summed E-state index contributed by atoms with van der Waals surface area (Å²) >= 11 is 0. The second-order valence-corrected chi connectivity index (χ2v) is 6.25. The van der Waals surface area contributed by atoms with Gasteiger partial charge in [-0.3, -0.25) is 9.59 Å². The predicted molar refractivity (Wildman–Crippen MR) is 80.0 cm³/mol. The van der Waals surface area contributed by atoms with Gasteiger partial charge < -0.3 is 10.4 Å². The Morgan fingerprint density at radius 1 is 1.17 bits per heavy atom. The Kier molecular flexibility index (Phi) is 5.80. The fourth-order valence-corrected chi connectivity index (χ4v) is 1.87. The number of carboxylic acids is 1. The van der Waals surface area contributed by atoms with Gasteiger partial charge in [-0.05, 0) is 24.1 Å². The number of aliphatic carboxylic acids is 1. The van der Waals surface area contributed by atoms with Gasteiger partial charge in [0.2, 0.25) is 5.91 Å². The van der Waals surface area contributed by atoms with Gasteiger partial charge in [0, 0.05) is 12.1 Å². The molecular weight excluding hydrogens is 311 g/mol. The lowest BCUT2D eigenvalue weighted by molar-refractivity contribution is -0.213. The van der Waals surface area contributed by atoms with Crippen molar-refractivity contribution in [3.63, 3.8) is 0 Å². The van der Waals surface area contributed by atoms with E-state index in [0.29, 0.717) is 12.1 Å². The number of amides is 1. The molecule has 0 bridgehead atoms. The van der Waals surface area contributed by atoms with Gasteiger partial charge >= 0.3 is 12.1 Å². The summed E-state index contributed by atoms with van der Waals surface area (Å²) in [6, 6.07) is 6.37. The molecule has 7 heteroatoms. The number of nitrogens with one attached hydrogen (secondary N) is 1. The Balaban J connectivity index is 2.65. The van der Waals surface area contributed by atoms with Crippen LogP contribution in [0.4, 0.5) is 18.9 Å². The molecule has 0 aromatic heterocycles. The van der Waals surface area contributed by atoms with E-state index in [2.05, 4.69) is 5.32 Å². The summed E-state index contributed by atoms with van der Waals surface area (Å²) < 4.78 is 38.2. The average Bonchev–Trinajstić information content (AvgIpc) is 2.38. The molecule has 0 radical (unpaired) electrons. The third kappa shape index (κ3) is 5.58. The Hall–Kier alpha value is -2.05. The van der Waals surface area contributed by atoms with Crippen molar-refractivity contribution < 1.29 is 27.9 Å². The first-order valence-electron chi connectivity index (χ1n) is 7.11. The summed E-state index contributed by atoms with van der Waals surface area (Å²) in [4.78, 5) is 22.5. The second-order valence-electron chi connectivity index (χ2n) is 6.25. The first-order chi connectivity index (χ1) is 10.4. The van der Waals surface area contributed by atoms with Crippen LogP contribution in [0.3, 0.4) is 0 Å². The molecule has 0 heterocycles. The summed E-state index contributed by atoms with van der Waals surface area (Å²) in [6.07, 6.45) is -4.79. The molecule has 0 spiro atoms. The summed E-state index contributed by atoms with van der Waals surface area (Å²) in [7, 11) is 0. The molecule has 0 aliphatic carbocycles. The molecule has 1 amide bonds. The third-order valence-corrected chi connectivity index (χ3v) is 3.57. The number of halogens is 3. The van der Waals surface area contributed by atoms with Gasteiger partial charge in [-0.2, -0.15) is 13.2 Å². The van der Waals surface area contributed by atoms with Crippen LogP contribution in [-0.2, 0) is 16.0 Å². The fraction of sp³-hybridized carbons (Fsp3) is 0.500. The average molecular weight is 331 g/mol. The number of hydrogen-bond donors (Lipinski definition) is 2. The van der Waals surface area contributed by atoms with E-state index in [0.717, 1.165) is 19.4 Å². The van der Waals surface area contributed by atoms with Crippen molar-refractivity contribution >= 4 is 17.6 Å². The molecule has 0 saturated heterocycles. The van der Waals surface area contributed by atoms with E-state index >= 15 is 0 Å². The van der Waals surface area contributed by atoms with Crippen molar-refractivity contribution in [2.75, 3.05) is 5.32 Å². The SMILES string of the molecule is CC(Cc1ccc(NC(=O)CC(C)(C)C(F)(F)F)cc1)C(=O)O. The van der Waals surface area contributed by atoms with Gasteiger partial charge in [0.15, 0.2) is 0 Å². The van der Waals surface area contributed by atoms with Gasteiger partial charge in [-0.1, -0.05) is 32.9 Å². The minimum absolute atomic E-state index is 0.338. The molecule has 4 nitrogen and oxygen atoms in total. The summed E-state index contributed by atoms with van der Waals surface area (Å²) in [5, 5.41) is 11.3. The van der Waals surface area contributed by atoms with Crippen molar-refractivity contribution in [1.82, 2.24) is 0 Å². The smallest absolute Gasteiger partial charge is 0.394 e. The highest BCUT2D eigenvalue weighted by molar-refractivity contribution is 5.91. The lowest BCUT2D eigenvalue weighted by Crippen LogP contribution is -2.35. The standard InChI is InChI=1S/C16H20F3NO3/c1-10(14(22)23)8-11-4-6-12(7-5-11)20-13(21)9-15(2,3)16(17,18)19/h4-7,10H,8-9H2,1-3H3,(H,20,21)(H,22,23). The molecular formula is C16H20F3NO3. The Bertz CT molecular complexity index is 565. The van der Waals surface area contributed by atoms with Crippen molar-refractivity contribution in [2.45, 2.75) is 39.8 Å². The number of hydrogen-bond acceptors (Lipinski definition) is 2. The maximum Gasteiger partial charge on any atom is 0.394 e. The highest BCUT2D eigenvalue weighted by Crippen LogP contribution is 2.40. The maximum absolute atomic E-state index is 12.7. The first-order valence-corrected chi connectivity index (χ1v) is 7.11. The second kappa shape index (κ2) is 7.02. The Labute approximate surface area is 132 Å². The summed E-state index contributed by atoms with van der Waals surface area (Å²) in [5.41, 5.74) is -0.957. The van der Waals surface area contributed by atoms with Crippen LogP contribution in [-0.4, -0.2) is 23.2 Å². The number of carboxylic acid groups (broad SMARTS) is 1. The van der Waals surface area contributed by atoms with Crippen molar-refractivity contribution in [2.24, 2.45) is 11.3 Å². The van der Waals surface area contributed by atoms with E-state index < -0.39 is 35.8 Å². The molecule has 1 atom stereocenters. The number of carbonyl (C=O) groups is 2. The zero-order valence-electron chi connectivity index (χ0n) is 13.2. The largest absolute Gasteiger partial charge is 0.481 e. The summed E-state index contributed by atoms with van der Waals surface area (Å²) in [6.45, 7) is 3.53. The van der Waals surface area contributed by atoms with Crippen molar-refractivity contribution in [3.8, 4) is 0 Å².